The molecule has 0 aliphatic carbocycles. The molecule has 0 atom stereocenters. The number of imidazole rings is 1. The van der Waals surface area contributed by atoms with E-state index in [0.717, 1.165) is 12.2 Å². The minimum atomic E-state index is -0.991. The summed E-state index contributed by atoms with van der Waals surface area (Å²) in [6, 6.07) is 1.59. The summed E-state index contributed by atoms with van der Waals surface area (Å²) < 4.78 is 3.59. The van der Waals surface area contributed by atoms with Gasteiger partial charge in [-0.15, -0.1) is 0 Å². The number of aromatic carboxylic acids is 1. The predicted molar refractivity (Wildman–Crippen MR) is 55.0 cm³/mol. The van der Waals surface area contributed by atoms with Crippen LogP contribution in [0.15, 0.2) is 18.5 Å². The quantitative estimate of drug-likeness (QED) is 0.829. The molecule has 2 heterocycles. The first-order valence-electron chi connectivity index (χ1n) is 4.85. The number of aromatic nitrogens is 3. The first-order chi connectivity index (χ1) is 7.08. The van der Waals surface area contributed by atoms with Crippen LogP contribution in [0.1, 0.15) is 24.3 Å². The molecule has 0 aromatic carbocycles. The molecule has 80 valence electrons. The number of hydrogen-bond donors (Lipinski definition) is 1. The van der Waals surface area contributed by atoms with Crippen molar-refractivity contribution >= 4 is 11.6 Å². The Morgan fingerprint density at radius 2 is 2.27 bits per heavy atom. The predicted octanol–water partition coefficient (Wildman–Crippen LogP) is 1.49. The molecule has 0 amide bonds. The van der Waals surface area contributed by atoms with Gasteiger partial charge in [-0.25, -0.2) is 9.31 Å². The number of carboxylic acids is 1. The maximum absolute atomic E-state index is 10.7. The van der Waals surface area contributed by atoms with Crippen LogP contribution in [0.5, 0.6) is 0 Å². The lowest BCUT2D eigenvalue weighted by atomic mass is 10.2. The lowest BCUT2D eigenvalue weighted by Crippen LogP contribution is -2.02. The van der Waals surface area contributed by atoms with Crippen molar-refractivity contribution in [2.75, 3.05) is 0 Å². The highest BCUT2D eigenvalue weighted by Crippen LogP contribution is 2.10. The molecular formula is C10H13N3O2. The number of carboxylic acid groups (broad SMARTS) is 1. The zero-order chi connectivity index (χ0) is 11.0. The molecule has 5 nitrogen and oxygen atoms in total. The number of hydrogen-bond acceptors (Lipinski definition) is 2. The largest absolute Gasteiger partial charge is 0.476 e. The van der Waals surface area contributed by atoms with Gasteiger partial charge in [-0.3, -0.25) is 0 Å². The lowest BCUT2D eigenvalue weighted by molar-refractivity contribution is 0.0690. The third-order valence-corrected chi connectivity index (χ3v) is 2.18. The van der Waals surface area contributed by atoms with Crippen LogP contribution >= 0.6 is 0 Å². The summed E-state index contributed by atoms with van der Waals surface area (Å²) in [5.74, 6) is -0.473. The molecule has 1 N–H and O–H groups in total. The van der Waals surface area contributed by atoms with Crippen LogP contribution in [0.25, 0.3) is 5.65 Å². The third-order valence-electron chi connectivity index (χ3n) is 2.18. The Bertz CT molecular complexity index is 496. The van der Waals surface area contributed by atoms with E-state index in [1.54, 1.807) is 16.8 Å². The summed E-state index contributed by atoms with van der Waals surface area (Å²) in [4.78, 5) is 10.7. The molecule has 0 saturated heterocycles. The average molecular weight is 207 g/mol. The Morgan fingerprint density at radius 3 is 2.87 bits per heavy atom. The molecule has 2 aromatic heterocycles. The summed E-state index contributed by atoms with van der Waals surface area (Å²) >= 11 is 0. The average Bonchev–Trinajstić information content (AvgIpc) is 2.66. The molecular weight excluding hydrogens is 194 g/mol. The van der Waals surface area contributed by atoms with E-state index in [4.69, 9.17) is 5.11 Å². The van der Waals surface area contributed by atoms with Crippen LogP contribution in [0, 0.1) is 5.92 Å². The van der Waals surface area contributed by atoms with Crippen molar-refractivity contribution in [3.63, 3.8) is 0 Å². The number of nitrogens with zero attached hydrogens (tertiary/aromatic N) is 3. The van der Waals surface area contributed by atoms with E-state index in [2.05, 4.69) is 18.9 Å². The van der Waals surface area contributed by atoms with Crippen LogP contribution in [0.4, 0.5) is 0 Å². The number of fused-ring (bicyclic) bond motifs is 1. The summed E-state index contributed by atoms with van der Waals surface area (Å²) in [5.41, 5.74) is 0.907. The van der Waals surface area contributed by atoms with E-state index in [-0.39, 0.29) is 5.69 Å². The second kappa shape index (κ2) is 3.42. The zero-order valence-corrected chi connectivity index (χ0v) is 8.71. The van der Waals surface area contributed by atoms with Crippen LogP contribution in [-0.4, -0.2) is 25.3 Å². The number of carbonyl (C=O) groups is 1. The lowest BCUT2D eigenvalue weighted by Gasteiger charge is -2.05. The van der Waals surface area contributed by atoms with Gasteiger partial charge < -0.3 is 9.67 Å². The fourth-order valence-corrected chi connectivity index (χ4v) is 1.58. The molecule has 0 spiro atoms. The summed E-state index contributed by atoms with van der Waals surface area (Å²) in [6.07, 6.45) is 3.68. The molecule has 0 aliphatic heterocycles. The van der Waals surface area contributed by atoms with E-state index in [9.17, 15) is 4.79 Å². The van der Waals surface area contributed by atoms with Crippen molar-refractivity contribution in [1.82, 2.24) is 14.2 Å². The maximum atomic E-state index is 10.7. The summed E-state index contributed by atoms with van der Waals surface area (Å²) in [6.45, 7) is 5.09. The van der Waals surface area contributed by atoms with Gasteiger partial charge in [-0.05, 0) is 5.92 Å². The number of rotatable bonds is 3. The molecule has 5 heteroatoms. The monoisotopic (exact) mass is 207 g/mol. The maximum Gasteiger partial charge on any atom is 0.356 e. The van der Waals surface area contributed by atoms with Gasteiger partial charge >= 0.3 is 5.97 Å². The molecule has 0 unspecified atom stereocenters. The fraction of sp³-hybridized carbons (Fsp3) is 0.400. The SMILES string of the molecule is CC(C)Cn1ccn2nc(C(=O)O)cc12. The Hall–Kier alpha value is -1.78. The van der Waals surface area contributed by atoms with Crippen LogP contribution < -0.4 is 0 Å². The zero-order valence-electron chi connectivity index (χ0n) is 8.71. The van der Waals surface area contributed by atoms with E-state index < -0.39 is 5.97 Å². The first kappa shape index (κ1) is 9.76. The third kappa shape index (κ3) is 1.72. The second-order valence-corrected chi connectivity index (χ2v) is 3.98. The van der Waals surface area contributed by atoms with Gasteiger partial charge in [0.05, 0.1) is 0 Å². The Balaban J connectivity index is 2.44. The normalized spacial score (nSPS) is 11.4. The highest BCUT2D eigenvalue weighted by atomic mass is 16.4. The second-order valence-electron chi connectivity index (χ2n) is 3.98. The molecule has 0 fully saturated rings. The van der Waals surface area contributed by atoms with E-state index in [0.29, 0.717) is 5.92 Å². The van der Waals surface area contributed by atoms with Crippen molar-refractivity contribution in [2.24, 2.45) is 5.92 Å². The van der Waals surface area contributed by atoms with Crippen molar-refractivity contribution in [3.8, 4) is 0 Å². The molecule has 2 aromatic rings. The van der Waals surface area contributed by atoms with Crippen LogP contribution in [0.3, 0.4) is 0 Å². The Labute approximate surface area is 86.9 Å². The van der Waals surface area contributed by atoms with E-state index in [1.807, 2.05) is 10.8 Å². The topological polar surface area (TPSA) is 59.5 Å². The van der Waals surface area contributed by atoms with Gasteiger partial charge in [-0.1, -0.05) is 13.8 Å². The van der Waals surface area contributed by atoms with Gasteiger partial charge in [-0.2, -0.15) is 5.10 Å². The van der Waals surface area contributed by atoms with Crippen molar-refractivity contribution in [2.45, 2.75) is 20.4 Å². The highest BCUT2D eigenvalue weighted by molar-refractivity contribution is 5.86. The Kier molecular flexibility index (Phi) is 2.22. The van der Waals surface area contributed by atoms with Crippen LogP contribution in [0.2, 0.25) is 0 Å². The van der Waals surface area contributed by atoms with Gasteiger partial charge in [0.2, 0.25) is 0 Å². The van der Waals surface area contributed by atoms with Crippen molar-refractivity contribution in [3.05, 3.63) is 24.2 Å². The highest BCUT2D eigenvalue weighted by Gasteiger charge is 2.11. The summed E-state index contributed by atoms with van der Waals surface area (Å²) in [5, 5.41) is 12.7. The van der Waals surface area contributed by atoms with Gasteiger partial charge in [0.25, 0.3) is 0 Å². The van der Waals surface area contributed by atoms with Crippen molar-refractivity contribution < 1.29 is 9.90 Å². The van der Waals surface area contributed by atoms with Gasteiger partial charge in [0.15, 0.2) is 5.69 Å². The smallest absolute Gasteiger partial charge is 0.356 e. The molecule has 0 bridgehead atoms. The van der Waals surface area contributed by atoms with E-state index in [1.165, 1.54) is 0 Å². The standard InChI is InChI=1S/C10H13N3O2/c1-7(2)6-12-3-4-13-9(12)5-8(11-13)10(14)15/h3-5,7H,6H2,1-2H3,(H,14,15). The molecule has 0 saturated carbocycles. The van der Waals surface area contributed by atoms with Crippen LogP contribution in [-0.2, 0) is 6.54 Å². The van der Waals surface area contributed by atoms with Gasteiger partial charge in [0.1, 0.15) is 5.65 Å². The minimum absolute atomic E-state index is 0.0862. The van der Waals surface area contributed by atoms with Gasteiger partial charge in [0, 0.05) is 25.0 Å². The summed E-state index contributed by atoms with van der Waals surface area (Å²) in [7, 11) is 0. The fourth-order valence-electron chi connectivity index (χ4n) is 1.58. The molecule has 15 heavy (non-hydrogen) atoms. The van der Waals surface area contributed by atoms with Crippen molar-refractivity contribution in [1.29, 1.82) is 0 Å². The first-order valence-corrected chi connectivity index (χ1v) is 4.85. The molecule has 0 radical (unpaired) electrons. The molecule has 2 rings (SSSR count). The Morgan fingerprint density at radius 1 is 1.53 bits per heavy atom. The van der Waals surface area contributed by atoms with E-state index >= 15 is 0 Å². The molecule has 0 aliphatic rings. The minimum Gasteiger partial charge on any atom is -0.476 e.